The number of para-hydroxylation sites is 1. The highest BCUT2D eigenvalue weighted by atomic mass is 79.9. The van der Waals surface area contributed by atoms with E-state index in [1.54, 1.807) is 4.90 Å². The Kier molecular flexibility index (Phi) is 8.92. The Morgan fingerprint density at radius 2 is 1.65 bits per heavy atom. The third-order valence-electron chi connectivity index (χ3n) is 8.96. The predicted molar refractivity (Wildman–Crippen MR) is 169 cm³/mol. The molecule has 3 aromatic rings. The number of piperidine rings is 2. The zero-order valence-electron chi connectivity index (χ0n) is 24.1. The summed E-state index contributed by atoms with van der Waals surface area (Å²) in [6, 6.07) is 18.9. The van der Waals surface area contributed by atoms with Crippen LogP contribution >= 0.6 is 15.9 Å². The summed E-state index contributed by atoms with van der Waals surface area (Å²) >= 11 is 3.53. The Morgan fingerprint density at radius 3 is 2.40 bits per heavy atom. The molecule has 0 radical (unpaired) electrons. The first-order chi connectivity index (χ1) is 20.9. The number of amides is 5. The van der Waals surface area contributed by atoms with Gasteiger partial charge >= 0.3 is 12.1 Å². The summed E-state index contributed by atoms with van der Waals surface area (Å²) in [4.78, 5) is 49.9. The number of carbonyl (C=O) groups is 3. The van der Waals surface area contributed by atoms with E-state index in [9.17, 15) is 14.4 Å². The average molecular weight is 646 g/mol. The molecule has 3 aliphatic rings. The molecular formula is C33H37BrN6O3. The van der Waals surface area contributed by atoms with Crippen molar-refractivity contribution in [3.8, 4) is 0 Å². The Balaban J connectivity index is 1.08. The largest absolute Gasteiger partial charge is 0.341 e. The molecular weight excluding hydrogens is 608 g/mol. The van der Waals surface area contributed by atoms with E-state index in [4.69, 9.17) is 0 Å². The van der Waals surface area contributed by atoms with Crippen LogP contribution in [0, 0.1) is 0 Å². The fourth-order valence-electron chi connectivity index (χ4n) is 6.53. The Bertz CT molecular complexity index is 1450. The van der Waals surface area contributed by atoms with Crippen LogP contribution in [0.25, 0.3) is 0 Å². The summed E-state index contributed by atoms with van der Waals surface area (Å²) in [5, 5.41) is 6.09. The zero-order valence-corrected chi connectivity index (χ0v) is 25.7. The molecule has 0 spiro atoms. The number of fused-ring (bicyclic) bond motifs is 1. The number of nitrogens with one attached hydrogen (secondary N) is 2. The van der Waals surface area contributed by atoms with Crippen molar-refractivity contribution in [1.29, 1.82) is 0 Å². The topological polar surface area (TPSA) is 97.9 Å². The summed E-state index contributed by atoms with van der Waals surface area (Å²) in [5.74, 6) is 0.363. The third-order valence-corrected chi connectivity index (χ3v) is 9.46. The number of urea groups is 2. The average Bonchev–Trinajstić information content (AvgIpc) is 3.04. The van der Waals surface area contributed by atoms with Gasteiger partial charge in [-0.25, -0.2) is 9.59 Å². The molecule has 2 saturated heterocycles. The molecule has 0 aliphatic carbocycles. The second-order valence-corrected chi connectivity index (χ2v) is 12.6. The molecule has 4 heterocycles. The Hall–Kier alpha value is -3.92. The van der Waals surface area contributed by atoms with Crippen LogP contribution in [0.15, 0.2) is 77.5 Å². The number of hydrogen-bond acceptors (Lipinski definition) is 4. The van der Waals surface area contributed by atoms with Crippen molar-refractivity contribution in [2.45, 2.75) is 56.7 Å². The van der Waals surface area contributed by atoms with Crippen molar-refractivity contribution in [3.63, 3.8) is 0 Å². The van der Waals surface area contributed by atoms with Crippen molar-refractivity contribution in [3.05, 3.63) is 94.2 Å². The highest BCUT2D eigenvalue weighted by Gasteiger charge is 2.35. The summed E-state index contributed by atoms with van der Waals surface area (Å²) < 4.78 is 0.937. The number of halogens is 1. The van der Waals surface area contributed by atoms with Crippen molar-refractivity contribution in [2.24, 2.45) is 0 Å². The summed E-state index contributed by atoms with van der Waals surface area (Å²) in [7, 11) is 0. The van der Waals surface area contributed by atoms with Crippen LogP contribution < -0.4 is 10.6 Å². The van der Waals surface area contributed by atoms with E-state index >= 15 is 0 Å². The van der Waals surface area contributed by atoms with E-state index in [0.29, 0.717) is 57.9 Å². The highest BCUT2D eigenvalue weighted by Crippen LogP contribution is 2.29. The lowest BCUT2D eigenvalue weighted by molar-refractivity contribution is -0.134. The molecule has 1 unspecified atom stereocenters. The number of aromatic nitrogens is 1. The Labute approximate surface area is 260 Å². The van der Waals surface area contributed by atoms with Crippen molar-refractivity contribution >= 4 is 39.6 Å². The van der Waals surface area contributed by atoms with Gasteiger partial charge in [-0.05, 0) is 78.6 Å². The molecule has 2 fully saturated rings. The maximum absolute atomic E-state index is 13.9. The van der Waals surface area contributed by atoms with Gasteiger partial charge in [0.15, 0.2) is 0 Å². The minimum absolute atomic E-state index is 0.0416. The predicted octanol–water partition coefficient (Wildman–Crippen LogP) is 5.38. The highest BCUT2D eigenvalue weighted by molar-refractivity contribution is 9.10. The van der Waals surface area contributed by atoms with E-state index in [0.717, 1.165) is 34.1 Å². The number of carbonyl (C=O) groups excluding carboxylic acids is 3. The van der Waals surface area contributed by atoms with Crippen LogP contribution in [0.5, 0.6) is 0 Å². The fraction of sp³-hybridized carbons (Fsp3) is 0.394. The van der Waals surface area contributed by atoms with Gasteiger partial charge < -0.3 is 25.3 Å². The standard InChI is InChI=1S/C33H37BrN6O3/c34-27-6-3-4-23(20-27)21-30(31(41)38-16-10-25(11-17-38)24-8-14-35-15-9-24)37-32(42)39-18-12-28(13-19-39)40-22-26-5-1-2-7-29(26)36-33(40)43/h1-9,14-15,20,25,28,30H,10-13,16-19,21-22H2,(H,36,43)(H,37,42). The van der Waals surface area contributed by atoms with E-state index in [2.05, 4.69) is 43.7 Å². The summed E-state index contributed by atoms with van der Waals surface area (Å²) in [6.45, 7) is 2.93. The first-order valence-electron chi connectivity index (χ1n) is 15.1. The van der Waals surface area contributed by atoms with Gasteiger partial charge in [-0.1, -0.05) is 46.3 Å². The molecule has 3 aliphatic heterocycles. The smallest absolute Gasteiger partial charge is 0.322 e. The lowest BCUT2D eigenvalue weighted by Crippen LogP contribution is -2.57. The number of nitrogens with zero attached hydrogens (tertiary/aromatic N) is 4. The molecule has 5 amide bonds. The first-order valence-corrected chi connectivity index (χ1v) is 15.9. The van der Waals surface area contributed by atoms with E-state index in [-0.39, 0.29) is 24.0 Å². The van der Waals surface area contributed by atoms with E-state index < -0.39 is 6.04 Å². The van der Waals surface area contributed by atoms with Crippen LogP contribution in [-0.4, -0.2) is 75.9 Å². The van der Waals surface area contributed by atoms with Gasteiger partial charge in [-0.2, -0.15) is 0 Å². The molecule has 9 nitrogen and oxygen atoms in total. The third kappa shape index (κ3) is 6.85. The lowest BCUT2D eigenvalue weighted by atomic mass is 9.89. The number of hydrogen-bond donors (Lipinski definition) is 2. The summed E-state index contributed by atoms with van der Waals surface area (Å²) in [5.41, 5.74) is 4.20. The zero-order chi connectivity index (χ0) is 29.8. The summed E-state index contributed by atoms with van der Waals surface area (Å²) in [6.07, 6.45) is 7.20. The van der Waals surface area contributed by atoms with Crippen LogP contribution in [0.4, 0.5) is 15.3 Å². The van der Waals surface area contributed by atoms with E-state index in [1.165, 1.54) is 5.56 Å². The van der Waals surface area contributed by atoms with Crippen LogP contribution in [0.1, 0.15) is 48.3 Å². The van der Waals surface area contributed by atoms with Gasteiger partial charge in [0.1, 0.15) is 6.04 Å². The fourth-order valence-corrected chi connectivity index (χ4v) is 6.97. The SMILES string of the molecule is O=C(NC(Cc1cccc(Br)c1)C(=O)N1CCC(c2ccncc2)CC1)N1CCC(N2Cc3ccccc3NC2=O)CC1. The van der Waals surface area contributed by atoms with Crippen LogP contribution in [0.3, 0.4) is 0 Å². The maximum Gasteiger partial charge on any atom is 0.322 e. The quantitative estimate of drug-likeness (QED) is 0.376. The minimum atomic E-state index is -0.665. The number of pyridine rings is 1. The molecule has 1 atom stereocenters. The minimum Gasteiger partial charge on any atom is -0.341 e. The second kappa shape index (κ2) is 13.2. The molecule has 224 valence electrons. The van der Waals surface area contributed by atoms with Gasteiger partial charge in [-0.15, -0.1) is 0 Å². The van der Waals surface area contributed by atoms with Crippen molar-refractivity contribution in [2.75, 3.05) is 31.5 Å². The molecule has 0 bridgehead atoms. The van der Waals surface area contributed by atoms with Gasteiger partial charge in [0.05, 0.1) is 0 Å². The van der Waals surface area contributed by atoms with Gasteiger partial charge in [0, 0.05) is 67.7 Å². The number of anilines is 1. The van der Waals surface area contributed by atoms with Crippen molar-refractivity contribution in [1.82, 2.24) is 25.0 Å². The normalized spacial score (nSPS) is 18.5. The lowest BCUT2D eigenvalue weighted by Gasteiger charge is -2.41. The van der Waals surface area contributed by atoms with Gasteiger partial charge in [-0.3, -0.25) is 9.78 Å². The first kappa shape index (κ1) is 29.2. The molecule has 6 rings (SSSR count). The monoisotopic (exact) mass is 644 g/mol. The molecule has 2 N–H and O–H groups in total. The molecule has 10 heteroatoms. The molecule has 43 heavy (non-hydrogen) atoms. The molecule has 0 saturated carbocycles. The van der Waals surface area contributed by atoms with Crippen LogP contribution in [-0.2, 0) is 17.8 Å². The number of benzene rings is 2. The molecule has 1 aromatic heterocycles. The van der Waals surface area contributed by atoms with E-state index in [1.807, 2.05) is 70.7 Å². The van der Waals surface area contributed by atoms with Gasteiger partial charge in [0.25, 0.3) is 0 Å². The molecule has 2 aromatic carbocycles. The van der Waals surface area contributed by atoms with Crippen molar-refractivity contribution < 1.29 is 14.4 Å². The second-order valence-electron chi connectivity index (χ2n) is 11.6. The Morgan fingerprint density at radius 1 is 0.930 bits per heavy atom. The number of rotatable bonds is 6. The van der Waals surface area contributed by atoms with Gasteiger partial charge in [0.2, 0.25) is 5.91 Å². The van der Waals surface area contributed by atoms with Crippen LogP contribution in [0.2, 0.25) is 0 Å². The number of likely N-dealkylation sites (tertiary alicyclic amines) is 2. The maximum atomic E-state index is 13.9.